The van der Waals surface area contributed by atoms with Crippen molar-refractivity contribution in [1.29, 1.82) is 0 Å². The van der Waals surface area contributed by atoms with Crippen molar-refractivity contribution >= 4 is 23.8 Å². The first-order valence-corrected chi connectivity index (χ1v) is 10.5. The summed E-state index contributed by atoms with van der Waals surface area (Å²) in [6.45, 7) is 2.08. The minimum Gasteiger partial charge on any atom is -0.507 e. The van der Waals surface area contributed by atoms with Crippen LogP contribution in [0.4, 0.5) is 0 Å². The van der Waals surface area contributed by atoms with Gasteiger partial charge in [0, 0.05) is 25.3 Å². The molecule has 30 heavy (non-hydrogen) atoms. The topological polar surface area (TPSA) is 110 Å². The summed E-state index contributed by atoms with van der Waals surface area (Å²) in [6, 6.07) is 3.03. The number of carboxylic acid groups (broad SMARTS) is 1. The summed E-state index contributed by atoms with van der Waals surface area (Å²) < 4.78 is 11.1. The lowest BCUT2D eigenvalue weighted by atomic mass is 10.0. The quantitative estimate of drug-likeness (QED) is 0.517. The smallest absolute Gasteiger partial charge is 0.342 e. The number of esters is 1. The highest BCUT2D eigenvalue weighted by Crippen LogP contribution is 2.31. The van der Waals surface area contributed by atoms with Crippen molar-refractivity contribution in [2.45, 2.75) is 70.8 Å². The molecule has 0 saturated heterocycles. The highest BCUT2D eigenvalue weighted by Gasteiger charge is 2.21. The Balaban J connectivity index is 2.18. The third-order valence-electron chi connectivity index (χ3n) is 4.88. The first-order valence-electron chi connectivity index (χ1n) is 10.5. The van der Waals surface area contributed by atoms with Gasteiger partial charge < -0.3 is 19.7 Å². The van der Waals surface area contributed by atoms with Gasteiger partial charge >= 0.3 is 11.9 Å². The summed E-state index contributed by atoms with van der Waals surface area (Å²) in [7, 11) is 0. The molecule has 2 rings (SSSR count). The Bertz CT molecular complexity index is 782. The van der Waals surface area contributed by atoms with Crippen LogP contribution in [0.2, 0.25) is 0 Å². The predicted molar refractivity (Wildman–Crippen MR) is 112 cm³/mol. The van der Waals surface area contributed by atoms with Crippen LogP contribution in [0.25, 0.3) is 6.08 Å². The Morgan fingerprint density at radius 2 is 1.97 bits per heavy atom. The second-order valence-electron chi connectivity index (χ2n) is 7.55. The highest BCUT2D eigenvalue weighted by atomic mass is 16.5. The van der Waals surface area contributed by atoms with Crippen molar-refractivity contribution in [3.05, 3.63) is 29.3 Å². The number of unbranched alkanes of at least 4 members (excludes halogenated alkanes) is 1. The fraction of sp³-hybridized carbons (Fsp3) is 0.522. The van der Waals surface area contributed by atoms with Crippen LogP contribution in [-0.2, 0) is 14.3 Å². The van der Waals surface area contributed by atoms with Crippen LogP contribution in [0.5, 0.6) is 11.5 Å². The lowest BCUT2D eigenvalue weighted by Gasteiger charge is -2.16. The summed E-state index contributed by atoms with van der Waals surface area (Å²) >= 11 is 0. The second kappa shape index (κ2) is 12.0. The molecule has 0 unspecified atom stereocenters. The number of aromatic hydroxyl groups is 1. The van der Waals surface area contributed by atoms with Crippen LogP contribution in [0.3, 0.4) is 0 Å². The van der Waals surface area contributed by atoms with Gasteiger partial charge in [0.25, 0.3) is 0 Å². The maximum Gasteiger partial charge on any atom is 0.342 e. The molecular formula is C23H30O7. The van der Waals surface area contributed by atoms with Gasteiger partial charge in [0.2, 0.25) is 0 Å². The number of benzene rings is 1. The lowest BCUT2D eigenvalue weighted by Crippen LogP contribution is -2.17. The molecule has 0 fully saturated rings. The second-order valence-corrected chi connectivity index (χ2v) is 7.55. The molecule has 1 aliphatic heterocycles. The maximum atomic E-state index is 12.7. The molecule has 0 radical (unpaired) electrons. The summed E-state index contributed by atoms with van der Waals surface area (Å²) in [4.78, 5) is 35.1. The zero-order valence-corrected chi connectivity index (χ0v) is 17.4. The largest absolute Gasteiger partial charge is 0.507 e. The number of ether oxygens (including phenoxy) is 2. The number of aliphatic carboxylic acids is 1. The van der Waals surface area contributed by atoms with E-state index in [9.17, 15) is 19.5 Å². The van der Waals surface area contributed by atoms with Crippen molar-refractivity contribution in [3.8, 4) is 11.5 Å². The van der Waals surface area contributed by atoms with Crippen molar-refractivity contribution in [1.82, 2.24) is 0 Å². The van der Waals surface area contributed by atoms with E-state index in [4.69, 9.17) is 14.6 Å². The normalized spacial score (nSPS) is 19.3. The van der Waals surface area contributed by atoms with Crippen molar-refractivity contribution in [3.63, 3.8) is 0 Å². The Hall–Kier alpha value is -2.83. The van der Waals surface area contributed by atoms with E-state index in [0.29, 0.717) is 62.9 Å². The van der Waals surface area contributed by atoms with Crippen molar-refractivity contribution < 1.29 is 34.1 Å². The number of fused-ring (bicyclic) bond motifs is 1. The minimum absolute atomic E-state index is 0.0774. The number of carbonyl (C=O) groups is 3. The van der Waals surface area contributed by atoms with Gasteiger partial charge in [0.05, 0.1) is 12.7 Å². The predicted octanol–water partition coefficient (Wildman–Crippen LogP) is 4.51. The Kier molecular flexibility index (Phi) is 9.38. The van der Waals surface area contributed by atoms with Crippen LogP contribution in [0.15, 0.2) is 18.2 Å². The first-order chi connectivity index (χ1) is 14.4. The molecule has 1 aliphatic rings. The van der Waals surface area contributed by atoms with Gasteiger partial charge in [-0.2, -0.15) is 0 Å². The van der Waals surface area contributed by atoms with E-state index >= 15 is 0 Å². The van der Waals surface area contributed by atoms with Crippen LogP contribution >= 0.6 is 0 Å². The molecule has 0 saturated carbocycles. The molecule has 1 aromatic rings. The molecule has 0 amide bonds. The Morgan fingerprint density at radius 3 is 2.73 bits per heavy atom. The molecule has 1 aromatic carbocycles. The summed E-state index contributed by atoms with van der Waals surface area (Å²) in [6.07, 6.45) is 8.03. The molecule has 0 aromatic heterocycles. The molecule has 7 nitrogen and oxygen atoms in total. The number of phenols is 1. The van der Waals surface area contributed by atoms with E-state index in [-0.39, 0.29) is 29.6 Å². The van der Waals surface area contributed by atoms with Crippen molar-refractivity contribution in [2.24, 2.45) is 0 Å². The van der Waals surface area contributed by atoms with Gasteiger partial charge in [-0.25, -0.2) is 4.79 Å². The molecular weight excluding hydrogens is 388 g/mol. The number of carbonyl (C=O) groups excluding carboxylic acids is 2. The van der Waals surface area contributed by atoms with Crippen LogP contribution in [0, 0.1) is 0 Å². The number of cyclic esters (lactones) is 1. The molecule has 164 valence electrons. The molecule has 2 N–H and O–H groups in total. The van der Waals surface area contributed by atoms with Gasteiger partial charge in [-0.1, -0.05) is 12.2 Å². The minimum atomic E-state index is -0.849. The molecule has 1 heterocycles. The molecule has 0 spiro atoms. The number of allylic oxidation sites excluding steroid dienone is 1. The first kappa shape index (κ1) is 23.4. The van der Waals surface area contributed by atoms with E-state index in [0.717, 1.165) is 6.42 Å². The van der Waals surface area contributed by atoms with E-state index in [1.54, 1.807) is 19.1 Å². The number of hydrogen-bond donors (Lipinski definition) is 2. The van der Waals surface area contributed by atoms with E-state index in [2.05, 4.69) is 0 Å². The SMILES string of the molecule is C[C@H]1CCCC(=O)CCC/C=C/c2cc(OCCCCC(=O)O)cc(O)c2C(=O)O1. The number of carboxylic acids is 1. The average Bonchev–Trinajstić information content (AvgIpc) is 2.66. The monoisotopic (exact) mass is 418 g/mol. The fourth-order valence-corrected chi connectivity index (χ4v) is 3.27. The lowest BCUT2D eigenvalue weighted by molar-refractivity contribution is -0.137. The fourth-order valence-electron chi connectivity index (χ4n) is 3.27. The third kappa shape index (κ3) is 7.89. The average molecular weight is 418 g/mol. The number of rotatable bonds is 6. The summed E-state index contributed by atoms with van der Waals surface area (Å²) in [5.74, 6) is -1.08. The number of hydrogen-bond acceptors (Lipinski definition) is 6. The number of Topliss-reactive ketones (excluding diaryl/α,β-unsaturated/α-hetero) is 1. The Labute approximate surface area is 176 Å². The summed E-state index contributed by atoms with van der Waals surface area (Å²) in [5.41, 5.74) is 0.570. The highest BCUT2D eigenvalue weighted by molar-refractivity contribution is 5.97. The van der Waals surface area contributed by atoms with Gasteiger partial charge in [0.15, 0.2) is 0 Å². The zero-order chi connectivity index (χ0) is 21.9. The molecule has 1 atom stereocenters. The van der Waals surface area contributed by atoms with Gasteiger partial charge in [-0.05, 0) is 57.1 Å². The molecule has 7 heteroatoms. The standard InChI is InChI=1S/C23H30O7/c1-16-8-7-11-18(24)10-4-2-3-9-17-14-19(29-13-6-5-12-21(26)27)15-20(25)22(17)23(28)30-16/h3,9,14-16,25H,2,4-8,10-13H2,1H3,(H,26,27)/b9-3+/t16-/m0/s1. The van der Waals surface area contributed by atoms with Gasteiger partial charge in [0.1, 0.15) is 22.8 Å². The number of phenolic OH excluding ortho intramolecular Hbond substituents is 1. The van der Waals surface area contributed by atoms with E-state index in [1.807, 2.05) is 6.08 Å². The molecule has 0 bridgehead atoms. The van der Waals surface area contributed by atoms with E-state index < -0.39 is 11.9 Å². The summed E-state index contributed by atoms with van der Waals surface area (Å²) in [5, 5.41) is 19.1. The van der Waals surface area contributed by atoms with Crippen LogP contribution < -0.4 is 4.74 Å². The van der Waals surface area contributed by atoms with Crippen LogP contribution in [0.1, 0.15) is 80.6 Å². The van der Waals surface area contributed by atoms with Crippen molar-refractivity contribution in [2.75, 3.05) is 6.61 Å². The number of ketones is 1. The van der Waals surface area contributed by atoms with Crippen LogP contribution in [-0.4, -0.2) is 40.6 Å². The zero-order valence-electron chi connectivity index (χ0n) is 17.4. The maximum absolute atomic E-state index is 12.7. The molecule has 0 aliphatic carbocycles. The third-order valence-corrected chi connectivity index (χ3v) is 4.88. The van der Waals surface area contributed by atoms with Gasteiger partial charge in [-0.15, -0.1) is 0 Å². The van der Waals surface area contributed by atoms with Gasteiger partial charge in [-0.3, -0.25) is 9.59 Å². The Morgan fingerprint density at radius 1 is 1.20 bits per heavy atom. The van der Waals surface area contributed by atoms with E-state index in [1.165, 1.54) is 6.07 Å².